The molecule has 2 aromatic rings. The second-order valence-corrected chi connectivity index (χ2v) is 6.07. The fraction of sp³-hybridized carbons (Fsp3) is 0.250. The Kier molecular flexibility index (Phi) is 4.75. The summed E-state index contributed by atoms with van der Waals surface area (Å²) < 4.78 is 0. The molecule has 2 rings (SSSR count). The third-order valence-corrected chi connectivity index (χ3v) is 4.47. The molecule has 0 bridgehead atoms. The molecule has 2 N–H and O–H groups in total. The van der Waals surface area contributed by atoms with Crippen molar-refractivity contribution in [3.05, 3.63) is 56.8 Å². The molecule has 0 saturated heterocycles. The van der Waals surface area contributed by atoms with Crippen LogP contribution >= 0.6 is 11.3 Å². The fourth-order valence-electron chi connectivity index (χ4n) is 2.03. The minimum Gasteiger partial charge on any atom is -0.478 e. The smallest absolute Gasteiger partial charge is 0.335 e. The van der Waals surface area contributed by atoms with Gasteiger partial charge in [0.05, 0.1) is 10.4 Å². The quantitative estimate of drug-likeness (QED) is 0.892. The second kappa shape index (κ2) is 6.54. The van der Waals surface area contributed by atoms with Crippen LogP contribution < -0.4 is 5.32 Å². The highest BCUT2D eigenvalue weighted by molar-refractivity contribution is 7.14. The van der Waals surface area contributed by atoms with Crippen molar-refractivity contribution < 1.29 is 14.7 Å². The van der Waals surface area contributed by atoms with E-state index in [-0.39, 0.29) is 11.5 Å². The van der Waals surface area contributed by atoms with Gasteiger partial charge in [-0.3, -0.25) is 4.79 Å². The van der Waals surface area contributed by atoms with Gasteiger partial charge in [-0.05, 0) is 43.5 Å². The molecule has 0 atom stereocenters. The molecule has 0 aliphatic rings. The molecule has 1 aromatic heterocycles. The molecule has 1 aromatic carbocycles. The third-order valence-electron chi connectivity index (χ3n) is 3.32. The van der Waals surface area contributed by atoms with Gasteiger partial charge in [-0.1, -0.05) is 18.2 Å². The number of rotatable bonds is 5. The van der Waals surface area contributed by atoms with E-state index in [1.165, 1.54) is 11.3 Å². The highest BCUT2D eigenvalue weighted by Crippen LogP contribution is 2.20. The van der Waals surface area contributed by atoms with E-state index in [9.17, 15) is 9.59 Å². The Morgan fingerprint density at radius 2 is 1.95 bits per heavy atom. The molecule has 0 aliphatic carbocycles. The van der Waals surface area contributed by atoms with Crippen LogP contribution in [-0.2, 0) is 6.42 Å². The summed E-state index contributed by atoms with van der Waals surface area (Å²) in [6.45, 7) is 4.38. The summed E-state index contributed by atoms with van der Waals surface area (Å²) in [6, 6.07) is 8.72. The maximum absolute atomic E-state index is 12.0. The van der Waals surface area contributed by atoms with Gasteiger partial charge in [0, 0.05) is 11.4 Å². The molecule has 110 valence electrons. The molecular weight excluding hydrogens is 286 g/mol. The molecule has 4 nitrogen and oxygen atoms in total. The molecule has 0 saturated carbocycles. The molecule has 0 unspecified atom stereocenters. The van der Waals surface area contributed by atoms with Crippen molar-refractivity contribution in [3.8, 4) is 0 Å². The zero-order valence-electron chi connectivity index (χ0n) is 12.0. The van der Waals surface area contributed by atoms with Crippen LogP contribution in [-0.4, -0.2) is 23.5 Å². The van der Waals surface area contributed by atoms with E-state index in [0.29, 0.717) is 17.8 Å². The number of amides is 1. The lowest BCUT2D eigenvalue weighted by Crippen LogP contribution is -2.25. The summed E-state index contributed by atoms with van der Waals surface area (Å²) in [5.41, 5.74) is 2.12. The third kappa shape index (κ3) is 3.70. The number of benzene rings is 1. The number of nitrogens with one attached hydrogen (secondary N) is 1. The molecule has 5 heteroatoms. The number of carboxylic acids is 1. The van der Waals surface area contributed by atoms with Crippen LogP contribution in [0.15, 0.2) is 30.3 Å². The molecule has 1 heterocycles. The first-order chi connectivity index (χ1) is 9.99. The minimum absolute atomic E-state index is 0.107. The van der Waals surface area contributed by atoms with Crippen LogP contribution in [0.1, 0.15) is 36.0 Å². The fourth-order valence-corrected chi connectivity index (χ4v) is 2.98. The van der Waals surface area contributed by atoms with Gasteiger partial charge in [0.25, 0.3) is 5.91 Å². The molecule has 0 spiro atoms. The number of carboxylic acid groups (broad SMARTS) is 1. The van der Waals surface area contributed by atoms with Gasteiger partial charge in [-0.15, -0.1) is 11.3 Å². The van der Waals surface area contributed by atoms with Crippen molar-refractivity contribution in [2.24, 2.45) is 0 Å². The normalized spacial score (nSPS) is 10.4. The Balaban J connectivity index is 1.96. The number of carbonyl (C=O) groups excluding carboxylic acids is 1. The first-order valence-electron chi connectivity index (χ1n) is 6.65. The number of thiophene rings is 1. The lowest BCUT2D eigenvalue weighted by atomic mass is 10.0. The summed E-state index contributed by atoms with van der Waals surface area (Å²) >= 11 is 1.47. The molecule has 1 amide bonds. The molecule has 21 heavy (non-hydrogen) atoms. The summed E-state index contributed by atoms with van der Waals surface area (Å²) in [5, 5.41) is 11.9. The summed E-state index contributed by atoms with van der Waals surface area (Å²) in [5.74, 6) is -1.05. The SMILES string of the molecule is Cc1cc(C(=O)NCCc2ccccc2C(=O)O)sc1C. The van der Waals surface area contributed by atoms with Crippen LogP contribution in [0.25, 0.3) is 0 Å². The first kappa shape index (κ1) is 15.3. The van der Waals surface area contributed by atoms with Crippen LogP contribution in [0.2, 0.25) is 0 Å². The van der Waals surface area contributed by atoms with Gasteiger partial charge in [-0.25, -0.2) is 4.79 Å². The topological polar surface area (TPSA) is 66.4 Å². The van der Waals surface area contributed by atoms with Crippen LogP contribution in [0.5, 0.6) is 0 Å². The monoisotopic (exact) mass is 303 g/mol. The molecule has 0 radical (unpaired) electrons. The van der Waals surface area contributed by atoms with Crippen LogP contribution in [0.4, 0.5) is 0 Å². The zero-order chi connectivity index (χ0) is 15.4. The number of hydrogen-bond acceptors (Lipinski definition) is 3. The lowest BCUT2D eigenvalue weighted by Gasteiger charge is -2.06. The van der Waals surface area contributed by atoms with Gasteiger partial charge in [0.2, 0.25) is 0 Å². The summed E-state index contributed by atoms with van der Waals surface area (Å²) in [7, 11) is 0. The van der Waals surface area contributed by atoms with Gasteiger partial charge in [0.15, 0.2) is 0 Å². The zero-order valence-corrected chi connectivity index (χ0v) is 12.8. The largest absolute Gasteiger partial charge is 0.478 e. The predicted molar refractivity (Wildman–Crippen MR) is 83.2 cm³/mol. The van der Waals surface area contributed by atoms with E-state index in [0.717, 1.165) is 16.0 Å². The molecule has 0 fully saturated rings. The molecular formula is C16H17NO3S. The van der Waals surface area contributed by atoms with Crippen LogP contribution in [0.3, 0.4) is 0 Å². The van der Waals surface area contributed by atoms with Gasteiger partial charge in [0.1, 0.15) is 0 Å². The van der Waals surface area contributed by atoms with E-state index in [2.05, 4.69) is 5.32 Å². The van der Waals surface area contributed by atoms with E-state index in [1.54, 1.807) is 24.3 Å². The predicted octanol–water partition coefficient (Wildman–Crippen LogP) is 3.04. The van der Waals surface area contributed by atoms with E-state index >= 15 is 0 Å². The number of carbonyl (C=O) groups is 2. The van der Waals surface area contributed by atoms with Crippen molar-refractivity contribution in [1.82, 2.24) is 5.32 Å². The Hall–Kier alpha value is -2.14. The standard InChI is InChI=1S/C16H17NO3S/c1-10-9-14(21-11(10)2)15(18)17-8-7-12-5-3-4-6-13(12)16(19)20/h3-6,9H,7-8H2,1-2H3,(H,17,18)(H,19,20). The first-order valence-corrected chi connectivity index (χ1v) is 7.47. The maximum Gasteiger partial charge on any atom is 0.335 e. The summed E-state index contributed by atoms with van der Waals surface area (Å²) in [6.07, 6.45) is 0.498. The second-order valence-electron chi connectivity index (χ2n) is 4.82. The van der Waals surface area contributed by atoms with E-state index < -0.39 is 5.97 Å². The average Bonchev–Trinajstić information content (AvgIpc) is 2.79. The lowest BCUT2D eigenvalue weighted by molar-refractivity contribution is 0.0695. The van der Waals surface area contributed by atoms with Gasteiger partial charge >= 0.3 is 5.97 Å². The van der Waals surface area contributed by atoms with Gasteiger partial charge < -0.3 is 10.4 Å². The Morgan fingerprint density at radius 3 is 2.57 bits per heavy atom. The van der Waals surface area contributed by atoms with Crippen molar-refractivity contribution in [2.45, 2.75) is 20.3 Å². The van der Waals surface area contributed by atoms with Crippen molar-refractivity contribution in [1.29, 1.82) is 0 Å². The number of hydrogen-bond donors (Lipinski definition) is 2. The summed E-state index contributed by atoms with van der Waals surface area (Å²) in [4.78, 5) is 24.9. The molecule has 0 aliphatic heterocycles. The van der Waals surface area contributed by atoms with Crippen molar-refractivity contribution in [3.63, 3.8) is 0 Å². The van der Waals surface area contributed by atoms with Gasteiger partial charge in [-0.2, -0.15) is 0 Å². The number of aromatic carboxylic acids is 1. The van der Waals surface area contributed by atoms with E-state index in [1.807, 2.05) is 19.9 Å². The highest BCUT2D eigenvalue weighted by atomic mass is 32.1. The number of aryl methyl sites for hydroxylation is 2. The Labute approximate surface area is 127 Å². The Morgan fingerprint density at radius 1 is 1.24 bits per heavy atom. The van der Waals surface area contributed by atoms with Crippen molar-refractivity contribution in [2.75, 3.05) is 6.54 Å². The average molecular weight is 303 g/mol. The van der Waals surface area contributed by atoms with Crippen molar-refractivity contribution >= 4 is 23.2 Å². The Bertz CT molecular complexity index is 656. The minimum atomic E-state index is -0.943. The maximum atomic E-state index is 12.0. The van der Waals surface area contributed by atoms with E-state index in [4.69, 9.17) is 5.11 Å². The highest BCUT2D eigenvalue weighted by Gasteiger charge is 2.11. The van der Waals surface area contributed by atoms with Crippen LogP contribution in [0, 0.1) is 13.8 Å².